The Balaban J connectivity index is 1.91. The molecule has 0 saturated heterocycles. The van der Waals surface area contributed by atoms with Crippen LogP contribution in [0.15, 0.2) is 22.7 Å². The van der Waals surface area contributed by atoms with Crippen molar-refractivity contribution in [3.8, 4) is 0 Å². The van der Waals surface area contributed by atoms with Crippen molar-refractivity contribution in [2.45, 2.75) is 39.0 Å². The van der Waals surface area contributed by atoms with Gasteiger partial charge in [-0.2, -0.15) is 0 Å². The van der Waals surface area contributed by atoms with Gasteiger partial charge in [-0.25, -0.2) is 0 Å². The summed E-state index contributed by atoms with van der Waals surface area (Å²) in [5.74, 6) is 0. The SMILES string of the molecule is COC1CC(NCc2ccc(Br)c(Cl)c2)C1(C)C. The summed E-state index contributed by atoms with van der Waals surface area (Å²) in [6, 6.07) is 6.58. The maximum absolute atomic E-state index is 6.08. The van der Waals surface area contributed by atoms with E-state index < -0.39 is 0 Å². The summed E-state index contributed by atoms with van der Waals surface area (Å²) in [6.45, 7) is 5.34. The van der Waals surface area contributed by atoms with E-state index in [0.717, 1.165) is 22.5 Å². The van der Waals surface area contributed by atoms with Gasteiger partial charge in [-0.3, -0.25) is 0 Å². The first-order valence-electron chi connectivity index (χ1n) is 6.15. The van der Waals surface area contributed by atoms with Gasteiger partial charge in [0, 0.05) is 29.6 Å². The zero-order valence-electron chi connectivity index (χ0n) is 11.0. The van der Waals surface area contributed by atoms with Crippen molar-refractivity contribution >= 4 is 27.5 Å². The molecule has 1 saturated carbocycles. The summed E-state index contributed by atoms with van der Waals surface area (Å²) in [6.07, 6.45) is 1.44. The van der Waals surface area contributed by atoms with Crippen LogP contribution in [0.5, 0.6) is 0 Å². The van der Waals surface area contributed by atoms with Gasteiger partial charge in [0.15, 0.2) is 0 Å². The quantitative estimate of drug-likeness (QED) is 0.899. The largest absolute Gasteiger partial charge is 0.381 e. The number of hydrogen-bond acceptors (Lipinski definition) is 2. The van der Waals surface area contributed by atoms with Gasteiger partial charge in [0.05, 0.1) is 11.1 Å². The number of ether oxygens (including phenoxy) is 1. The molecule has 2 unspecified atom stereocenters. The Hall–Kier alpha value is -0.0900. The fourth-order valence-corrected chi connectivity index (χ4v) is 2.97. The van der Waals surface area contributed by atoms with Crippen molar-refractivity contribution in [1.29, 1.82) is 0 Å². The number of halogens is 2. The van der Waals surface area contributed by atoms with Gasteiger partial charge in [-0.05, 0) is 40.0 Å². The monoisotopic (exact) mass is 331 g/mol. The van der Waals surface area contributed by atoms with Crippen molar-refractivity contribution in [2.75, 3.05) is 7.11 Å². The maximum atomic E-state index is 6.08. The zero-order valence-corrected chi connectivity index (χ0v) is 13.3. The van der Waals surface area contributed by atoms with Crippen molar-refractivity contribution in [3.63, 3.8) is 0 Å². The van der Waals surface area contributed by atoms with Gasteiger partial charge in [0.2, 0.25) is 0 Å². The van der Waals surface area contributed by atoms with Gasteiger partial charge in [-0.15, -0.1) is 0 Å². The average molecular weight is 333 g/mol. The molecule has 1 N–H and O–H groups in total. The second-order valence-corrected chi connectivity index (χ2v) is 6.72. The fraction of sp³-hybridized carbons (Fsp3) is 0.571. The van der Waals surface area contributed by atoms with Crippen LogP contribution in [0.4, 0.5) is 0 Å². The lowest BCUT2D eigenvalue weighted by molar-refractivity contribution is -0.0979. The van der Waals surface area contributed by atoms with Gasteiger partial charge < -0.3 is 10.1 Å². The number of nitrogens with one attached hydrogen (secondary N) is 1. The molecule has 0 spiro atoms. The highest BCUT2D eigenvalue weighted by atomic mass is 79.9. The molecule has 2 rings (SSSR count). The first-order chi connectivity index (χ1) is 8.45. The molecule has 0 amide bonds. The molecular weight excluding hydrogens is 314 g/mol. The third-order valence-electron chi connectivity index (χ3n) is 4.00. The number of methoxy groups -OCH3 is 1. The molecule has 1 fully saturated rings. The van der Waals surface area contributed by atoms with E-state index in [9.17, 15) is 0 Å². The minimum Gasteiger partial charge on any atom is -0.381 e. The summed E-state index contributed by atoms with van der Waals surface area (Å²) < 4.78 is 6.39. The molecule has 18 heavy (non-hydrogen) atoms. The Morgan fingerprint density at radius 1 is 1.50 bits per heavy atom. The molecule has 2 nitrogen and oxygen atoms in total. The van der Waals surface area contributed by atoms with Crippen LogP contribution in [-0.4, -0.2) is 19.3 Å². The second-order valence-electron chi connectivity index (χ2n) is 5.46. The predicted molar refractivity (Wildman–Crippen MR) is 79.0 cm³/mol. The Labute approximate surface area is 122 Å². The lowest BCUT2D eigenvalue weighted by Crippen LogP contribution is -2.60. The Kier molecular flexibility index (Phi) is 4.37. The Morgan fingerprint density at radius 3 is 2.78 bits per heavy atom. The minimum absolute atomic E-state index is 0.202. The third kappa shape index (κ3) is 2.74. The van der Waals surface area contributed by atoms with E-state index in [2.05, 4.69) is 41.2 Å². The fourth-order valence-electron chi connectivity index (χ4n) is 2.52. The molecular formula is C14H19BrClNO. The van der Waals surface area contributed by atoms with Gasteiger partial charge in [0.25, 0.3) is 0 Å². The molecule has 0 aromatic heterocycles. The maximum Gasteiger partial charge on any atom is 0.0652 e. The van der Waals surface area contributed by atoms with Gasteiger partial charge >= 0.3 is 0 Å². The standard InChI is InChI=1S/C14H19BrClNO/c1-14(2)12(7-13(14)18-3)17-8-9-4-5-10(15)11(16)6-9/h4-6,12-13,17H,7-8H2,1-3H3. The second kappa shape index (κ2) is 5.49. The smallest absolute Gasteiger partial charge is 0.0652 e. The zero-order chi connectivity index (χ0) is 13.3. The van der Waals surface area contributed by atoms with E-state index in [1.165, 1.54) is 5.56 Å². The van der Waals surface area contributed by atoms with Crippen LogP contribution >= 0.6 is 27.5 Å². The Morgan fingerprint density at radius 2 is 2.22 bits per heavy atom. The molecule has 4 heteroatoms. The lowest BCUT2D eigenvalue weighted by Gasteiger charge is -2.51. The van der Waals surface area contributed by atoms with E-state index in [0.29, 0.717) is 12.1 Å². The summed E-state index contributed by atoms with van der Waals surface area (Å²) >= 11 is 9.48. The number of rotatable bonds is 4. The van der Waals surface area contributed by atoms with Crippen LogP contribution in [0.25, 0.3) is 0 Å². The van der Waals surface area contributed by atoms with Crippen molar-refractivity contribution < 1.29 is 4.74 Å². The molecule has 100 valence electrons. The average Bonchev–Trinajstić information content (AvgIpc) is 2.32. The van der Waals surface area contributed by atoms with Crippen LogP contribution in [0.1, 0.15) is 25.8 Å². The summed E-state index contributed by atoms with van der Waals surface area (Å²) in [5.41, 5.74) is 1.41. The predicted octanol–water partition coefficient (Wildman–Crippen LogP) is 4.01. The van der Waals surface area contributed by atoms with Crippen LogP contribution in [0.3, 0.4) is 0 Å². The molecule has 0 aliphatic heterocycles. The first kappa shape index (κ1) is 14.3. The van der Waals surface area contributed by atoms with E-state index >= 15 is 0 Å². The third-order valence-corrected chi connectivity index (χ3v) is 5.23. The Bertz CT molecular complexity index is 436. The van der Waals surface area contributed by atoms with Crippen LogP contribution in [0.2, 0.25) is 5.02 Å². The van der Waals surface area contributed by atoms with Crippen molar-refractivity contribution in [1.82, 2.24) is 5.32 Å². The number of hydrogen-bond donors (Lipinski definition) is 1. The van der Waals surface area contributed by atoms with Gasteiger partial charge in [-0.1, -0.05) is 31.5 Å². The van der Waals surface area contributed by atoms with Crippen LogP contribution < -0.4 is 5.32 Å². The molecule has 0 heterocycles. The van der Waals surface area contributed by atoms with E-state index in [4.69, 9.17) is 16.3 Å². The van der Waals surface area contributed by atoms with Crippen LogP contribution in [-0.2, 0) is 11.3 Å². The normalized spacial score (nSPS) is 25.8. The molecule has 0 bridgehead atoms. The van der Waals surface area contributed by atoms with E-state index in [1.807, 2.05) is 12.1 Å². The highest BCUT2D eigenvalue weighted by molar-refractivity contribution is 9.10. The van der Waals surface area contributed by atoms with Crippen LogP contribution in [0, 0.1) is 5.41 Å². The molecule has 1 aliphatic rings. The minimum atomic E-state index is 0.202. The molecule has 1 aromatic carbocycles. The van der Waals surface area contributed by atoms with Crippen molar-refractivity contribution in [2.24, 2.45) is 5.41 Å². The molecule has 0 radical (unpaired) electrons. The molecule has 1 aromatic rings. The summed E-state index contributed by atoms with van der Waals surface area (Å²) in [7, 11) is 1.79. The summed E-state index contributed by atoms with van der Waals surface area (Å²) in [5, 5.41) is 4.34. The van der Waals surface area contributed by atoms with Gasteiger partial charge in [0.1, 0.15) is 0 Å². The highest BCUT2D eigenvalue weighted by Crippen LogP contribution is 2.42. The lowest BCUT2D eigenvalue weighted by atomic mass is 9.64. The van der Waals surface area contributed by atoms with E-state index in [-0.39, 0.29) is 5.41 Å². The van der Waals surface area contributed by atoms with Crippen molar-refractivity contribution in [3.05, 3.63) is 33.3 Å². The topological polar surface area (TPSA) is 21.3 Å². The first-order valence-corrected chi connectivity index (χ1v) is 7.32. The summed E-state index contributed by atoms with van der Waals surface area (Å²) in [4.78, 5) is 0. The number of benzene rings is 1. The molecule has 2 atom stereocenters. The van der Waals surface area contributed by atoms with E-state index in [1.54, 1.807) is 7.11 Å². The highest BCUT2D eigenvalue weighted by Gasteiger charge is 2.48. The molecule has 1 aliphatic carbocycles.